The third kappa shape index (κ3) is 3.08. The van der Waals surface area contributed by atoms with Crippen molar-refractivity contribution in [1.29, 1.82) is 0 Å². The van der Waals surface area contributed by atoms with Crippen molar-refractivity contribution in [2.75, 3.05) is 38.1 Å². The van der Waals surface area contributed by atoms with Crippen LogP contribution < -0.4 is 4.90 Å². The number of piperazine rings is 1. The molecule has 1 saturated heterocycles. The van der Waals surface area contributed by atoms with Gasteiger partial charge in [-0.1, -0.05) is 6.92 Å². The Balaban J connectivity index is 1.58. The monoisotopic (exact) mass is 408 g/mol. The van der Waals surface area contributed by atoms with E-state index in [9.17, 15) is 4.39 Å². The first-order valence-corrected chi connectivity index (χ1v) is 10.0. The Morgan fingerprint density at radius 3 is 2.63 bits per heavy atom. The molecule has 0 amide bonds. The zero-order valence-corrected chi connectivity index (χ0v) is 16.9. The van der Waals surface area contributed by atoms with Crippen LogP contribution in [0.15, 0.2) is 42.7 Å². The van der Waals surface area contributed by atoms with Crippen molar-refractivity contribution in [3.63, 3.8) is 0 Å². The van der Waals surface area contributed by atoms with E-state index in [1.807, 2.05) is 12.1 Å². The molecule has 154 valence electrons. The van der Waals surface area contributed by atoms with Gasteiger partial charge in [0.15, 0.2) is 5.65 Å². The van der Waals surface area contributed by atoms with E-state index in [4.69, 9.17) is 5.10 Å². The van der Waals surface area contributed by atoms with Crippen molar-refractivity contribution in [2.24, 2.45) is 0 Å². The molecule has 4 heterocycles. The first-order valence-electron chi connectivity index (χ1n) is 10.0. The van der Waals surface area contributed by atoms with Gasteiger partial charge in [0.1, 0.15) is 17.5 Å². The van der Waals surface area contributed by atoms with E-state index in [-0.39, 0.29) is 5.56 Å². The smallest absolute Gasteiger partial charge is 0.153 e. The second-order valence-corrected chi connectivity index (χ2v) is 7.81. The Labute approximate surface area is 172 Å². The van der Waals surface area contributed by atoms with Gasteiger partial charge in [-0.05, 0) is 31.3 Å². The minimum Gasteiger partial charge on any atom is -0.353 e. The third-order valence-electron chi connectivity index (χ3n) is 5.91. The van der Waals surface area contributed by atoms with Crippen molar-refractivity contribution in [3.8, 4) is 0 Å². The predicted molar refractivity (Wildman–Crippen MR) is 112 cm³/mol. The van der Waals surface area contributed by atoms with E-state index in [2.05, 4.69) is 26.8 Å². The number of pyridine rings is 1. The molecule has 0 spiro atoms. The van der Waals surface area contributed by atoms with Crippen LogP contribution in [0.1, 0.15) is 24.1 Å². The summed E-state index contributed by atoms with van der Waals surface area (Å²) in [6.07, 6.45) is 3.17. The number of likely N-dealkylation sites (N-methyl/N-ethyl adjacent to an activating group) is 1. The number of anilines is 1. The van der Waals surface area contributed by atoms with Crippen LogP contribution in [0.2, 0.25) is 0 Å². The summed E-state index contributed by atoms with van der Waals surface area (Å²) in [5, 5.41) is 5.06. The largest absolute Gasteiger partial charge is 0.353 e. The number of aromatic nitrogens is 4. The summed E-state index contributed by atoms with van der Waals surface area (Å²) in [5.74, 6) is -0.933. The summed E-state index contributed by atoms with van der Waals surface area (Å²) >= 11 is 0. The van der Waals surface area contributed by atoms with Crippen LogP contribution in [0.3, 0.4) is 0 Å². The quantitative estimate of drug-likeness (QED) is 0.520. The second-order valence-electron chi connectivity index (χ2n) is 7.81. The molecule has 0 bridgehead atoms. The van der Waals surface area contributed by atoms with Gasteiger partial charge in [-0.3, -0.25) is 4.98 Å². The van der Waals surface area contributed by atoms with Crippen molar-refractivity contribution in [3.05, 3.63) is 65.6 Å². The van der Waals surface area contributed by atoms with E-state index in [0.29, 0.717) is 22.2 Å². The lowest BCUT2D eigenvalue weighted by atomic mass is 9.95. The van der Waals surface area contributed by atoms with E-state index in [1.54, 1.807) is 29.8 Å². The van der Waals surface area contributed by atoms with Crippen molar-refractivity contribution >= 4 is 22.4 Å². The zero-order valence-electron chi connectivity index (χ0n) is 16.9. The number of hydrogen-bond acceptors (Lipinski definition) is 5. The molecule has 0 N–H and O–H groups in total. The molecule has 1 fully saturated rings. The molecule has 30 heavy (non-hydrogen) atoms. The van der Waals surface area contributed by atoms with Gasteiger partial charge in [0, 0.05) is 55.3 Å². The van der Waals surface area contributed by atoms with Gasteiger partial charge in [0.2, 0.25) is 0 Å². The molecular weight excluding hydrogens is 386 g/mol. The molecule has 6 nitrogen and oxygen atoms in total. The Hall–Kier alpha value is -3.13. The van der Waals surface area contributed by atoms with Crippen LogP contribution in [0.25, 0.3) is 16.6 Å². The normalized spacial score (nSPS) is 16.5. The zero-order chi connectivity index (χ0) is 20.8. The maximum absolute atomic E-state index is 15.2. The molecule has 0 unspecified atom stereocenters. The van der Waals surface area contributed by atoms with E-state index in [0.717, 1.165) is 32.0 Å². The van der Waals surface area contributed by atoms with Crippen molar-refractivity contribution in [2.45, 2.75) is 12.8 Å². The summed E-state index contributed by atoms with van der Waals surface area (Å²) in [5.41, 5.74) is 1.60. The molecule has 0 aliphatic carbocycles. The highest BCUT2D eigenvalue weighted by molar-refractivity contribution is 5.80. The average Bonchev–Trinajstić information content (AvgIpc) is 3.17. The minimum atomic E-state index is -0.614. The van der Waals surface area contributed by atoms with Crippen molar-refractivity contribution in [1.82, 2.24) is 24.5 Å². The molecule has 0 radical (unpaired) electrons. The first kappa shape index (κ1) is 18.9. The number of fused-ring (bicyclic) bond motifs is 2. The van der Waals surface area contributed by atoms with Crippen LogP contribution in [0.5, 0.6) is 0 Å². The summed E-state index contributed by atoms with van der Waals surface area (Å²) in [6.45, 7) is 5.48. The lowest BCUT2D eigenvalue weighted by molar-refractivity contribution is 0.311. The SMILES string of the molecule is C[C@@H](c1c(F)cc2ncccc2c1F)c1cnc2ccc(N3CCN(C)CC3)nn12. The van der Waals surface area contributed by atoms with Crippen molar-refractivity contribution < 1.29 is 8.78 Å². The molecule has 3 aromatic heterocycles. The number of benzene rings is 1. The van der Waals surface area contributed by atoms with Crippen LogP contribution in [-0.4, -0.2) is 57.7 Å². The lowest BCUT2D eigenvalue weighted by Crippen LogP contribution is -2.45. The maximum Gasteiger partial charge on any atom is 0.153 e. The van der Waals surface area contributed by atoms with Gasteiger partial charge in [0.05, 0.1) is 17.4 Å². The molecule has 8 heteroatoms. The predicted octanol–water partition coefficient (Wildman–Crippen LogP) is 3.46. The fourth-order valence-electron chi connectivity index (χ4n) is 4.09. The second kappa shape index (κ2) is 7.28. The third-order valence-corrected chi connectivity index (χ3v) is 5.91. The van der Waals surface area contributed by atoms with Crippen LogP contribution in [0, 0.1) is 11.6 Å². The van der Waals surface area contributed by atoms with Gasteiger partial charge >= 0.3 is 0 Å². The van der Waals surface area contributed by atoms with Gasteiger partial charge in [-0.2, -0.15) is 0 Å². The molecular formula is C22H22F2N6. The fraction of sp³-hybridized carbons (Fsp3) is 0.318. The topological polar surface area (TPSA) is 49.6 Å². The lowest BCUT2D eigenvalue weighted by Gasteiger charge is -2.33. The molecule has 4 aromatic rings. The average molecular weight is 408 g/mol. The number of imidazole rings is 1. The molecule has 1 aliphatic rings. The molecule has 1 aromatic carbocycles. The highest BCUT2D eigenvalue weighted by atomic mass is 19.1. The van der Waals surface area contributed by atoms with Gasteiger partial charge in [0.25, 0.3) is 0 Å². The molecule has 5 rings (SSSR count). The Morgan fingerprint density at radius 2 is 1.83 bits per heavy atom. The Kier molecular flexibility index (Phi) is 4.58. The minimum absolute atomic E-state index is 0.00380. The summed E-state index contributed by atoms with van der Waals surface area (Å²) in [4.78, 5) is 13.0. The highest BCUT2D eigenvalue weighted by Gasteiger charge is 2.24. The molecule has 1 aliphatic heterocycles. The highest BCUT2D eigenvalue weighted by Crippen LogP contribution is 2.32. The number of nitrogens with zero attached hydrogens (tertiary/aromatic N) is 6. The maximum atomic E-state index is 15.2. The molecule has 1 atom stereocenters. The standard InChI is InChI=1S/C22H22F2N6/c1-14(21-16(23)12-17-15(22(21)24)4-3-7-25-17)18-13-26-19-5-6-20(27-30(18)19)29-10-8-28(2)9-11-29/h3-7,12-14H,8-11H2,1-2H3/t14-/m1/s1. The van der Waals surface area contributed by atoms with Crippen LogP contribution in [-0.2, 0) is 0 Å². The number of hydrogen-bond donors (Lipinski definition) is 0. The Bertz CT molecular complexity index is 1230. The van der Waals surface area contributed by atoms with Gasteiger partial charge in [-0.15, -0.1) is 5.10 Å². The summed E-state index contributed by atoms with van der Waals surface area (Å²) in [6, 6.07) is 8.40. The van der Waals surface area contributed by atoms with Crippen LogP contribution >= 0.6 is 0 Å². The fourth-order valence-corrected chi connectivity index (χ4v) is 4.09. The number of rotatable bonds is 3. The van der Waals surface area contributed by atoms with E-state index in [1.165, 1.54) is 12.3 Å². The summed E-state index contributed by atoms with van der Waals surface area (Å²) in [7, 11) is 2.10. The summed E-state index contributed by atoms with van der Waals surface area (Å²) < 4.78 is 31.8. The van der Waals surface area contributed by atoms with Gasteiger partial charge in [-0.25, -0.2) is 18.3 Å². The van der Waals surface area contributed by atoms with Crippen LogP contribution in [0.4, 0.5) is 14.6 Å². The van der Waals surface area contributed by atoms with E-state index < -0.39 is 17.6 Å². The Morgan fingerprint density at radius 1 is 1.03 bits per heavy atom. The first-order chi connectivity index (χ1) is 14.5. The van der Waals surface area contributed by atoms with E-state index >= 15 is 4.39 Å². The molecule has 0 saturated carbocycles. The van der Waals surface area contributed by atoms with Gasteiger partial charge < -0.3 is 9.80 Å². The number of halogens is 2.